The summed E-state index contributed by atoms with van der Waals surface area (Å²) in [7, 11) is 6.00. The second-order valence-corrected chi connectivity index (χ2v) is 7.05. The predicted octanol–water partition coefficient (Wildman–Crippen LogP) is 1.80. The van der Waals surface area contributed by atoms with Crippen LogP contribution in [0.3, 0.4) is 0 Å². The van der Waals surface area contributed by atoms with E-state index in [0.717, 1.165) is 38.6 Å². The molecule has 5 heteroatoms. The van der Waals surface area contributed by atoms with Crippen LogP contribution in [0.1, 0.15) is 34.1 Å². The molecule has 0 aromatic heterocycles. The van der Waals surface area contributed by atoms with E-state index >= 15 is 0 Å². The standard InChI is InChI=1S/C16H36N4O/c1-14(2)8-10-21-11-9-18-15(17-5)19-12-16(3,4)13-20(6)7/h14H,8-13H2,1-7H3,(H2,17,18,19). The quantitative estimate of drug-likeness (QED) is 0.367. The first-order chi connectivity index (χ1) is 9.76. The molecule has 0 fully saturated rings. The Morgan fingerprint density at radius 2 is 1.86 bits per heavy atom. The van der Waals surface area contributed by atoms with Crippen molar-refractivity contribution in [2.24, 2.45) is 16.3 Å². The van der Waals surface area contributed by atoms with E-state index in [2.05, 4.69) is 62.3 Å². The van der Waals surface area contributed by atoms with Crippen molar-refractivity contribution in [3.63, 3.8) is 0 Å². The van der Waals surface area contributed by atoms with Crippen molar-refractivity contribution in [2.75, 3.05) is 54.0 Å². The van der Waals surface area contributed by atoms with Gasteiger partial charge in [0.15, 0.2) is 5.96 Å². The molecule has 5 nitrogen and oxygen atoms in total. The number of rotatable bonds is 10. The Balaban J connectivity index is 3.82. The molecule has 0 aromatic carbocycles. The lowest BCUT2D eigenvalue weighted by Crippen LogP contribution is -2.45. The van der Waals surface area contributed by atoms with Crippen molar-refractivity contribution in [1.29, 1.82) is 0 Å². The lowest BCUT2D eigenvalue weighted by atomic mass is 9.93. The van der Waals surface area contributed by atoms with Gasteiger partial charge in [-0.2, -0.15) is 0 Å². The average Bonchev–Trinajstić information content (AvgIpc) is 2.35. The van der Waals surface area contributed by atoms with E-state index in [4.69, 9.17) is 4.74 Å². The number of ether oxygens (including phenoxy) is 1. The Kier molecular flexibility index (Phi) is 10.4. The van der Waals surface area contributed by atoms with Crippen LogP contribution >= 0.6 is 0 Å². The molecule has 0 bridgehead atoms. The first-order valence-corrected chi connectivity index (χ1v) is 7.94. The minimum atomic E-state index is 0.203. The number of nitrogens with one attached hydrogen (secondary N) is 2. The van der Waals surface area contributed by atoms with Crippen molar-refractivity contribution in [2.45, 2.75) is 34.1 Å². The molecular weight excluding hydrogens is 264 g/mol. The molecule has 21 heavy (non-hydrogen) atoms. The second-order valence-electron chi connectivity index (χ2n) is 7.05. The maximum atomic E-state index is 5.59. The lowest BCUT2D eigenvalue weighted by Gasteiger charge is -2.29. The molecule has 0 saturated heterocycles. The van der Waals surface area contributed by atoms with Gasteiger partial charge in [0.25, 0.3) is 0 Å². The van der Waals surface area contributed by atoms with E-state index in [1.165, 1.54) is 0 Å². The second kappa shape index (κ2) is 10.9. The molecule has 0 amide bonds. The van der Waals surface area contributed by atoms with Crippen LogP contribution in [0.15, 0.2) is 4.99 Å². The van der Waals surface area contributed by atoms with Gasteiger partial charge in [0, 0.05) is 33.3 Å². The SMILES string of the molecule is CN=C(NCCOCCC(C)C)NCC(C)(C)CN(C)C. The minimum absolute atomic E-state index is 0.203. The van der Waals surface area contributed by atoms with Gasteiger partial charge in [-0.05, 0) is 31.8 Å². The summed E-state index contributed by atoms with van der Waals surface area (Å²) in [6, 6.07) is 0. The van der Waals surface area contributed by atoms with Crippen molar-refractivity contribution in [3.8, 4) is 0 Å². The summed E-state index contributed by atoms with van der Waals surface area (Å²) in [6.07, 6.45) is 1.12. The van der Waals surface area contributed by atoms with Gasteiger partial charge in [0.2, 0.25) is 0 Å². The summed E-state index contributed by atoms with van der Waals surface area (Å²) in [5.74, 6) is 1.54. The van der Waals surface area contributed by atoms with Gasteiger partial charge in [-0.3, -0.25) is 4.99 Å². The topological polar surface area (TPSA) is 48.9 Å². The Bertz CT molecular complexity index is 288. The van der Waals surface area contributed by atoms with Gasteiger partial charge in [-0.1, -0.05) is 27.7 Å². The summed E-state index contributed by atoms with van der Waals surface area (Å²) in [5, 5.41) is 6.66. The molecule has 0 aliphatic carbocycles. The maximum absolute atomic E-state index is 5.59. The summed E-state index contributed by atoms with van der Waals surface area (Å²) in [5.41, 5.74) is 0.203. The number of hydrogen-bond donors (Lipinski definition) is 2. The zero-order valence-electron chi connectivity index (χ0n) is 15.1. The van der Waals surface area contributed by atoms with Crippen LogP contribution in [0.4, 0.5) is 0 Å². The number of aliphatic imine (C=N–C) groups is 1. The molecule has 0 atom stereocenters. The van der Waals surface area contributed by atoms with Crippen LogP contribution in [-0.2, 0) is 4.74 Å². The third-order valence-electron chi connectivity index (χ3n) is 3.08. The normalized spacial score (nSPS) is 13.1. The van der Waals surface area contributed by atoms with Gasteiger partial charge in [-0.25, -0.2) is 0 Å². The monoisotopic (exact) mass is 300 g/mol. The van der Waals surface area contributed by atoms with E-state index in [-0.39, 0.29) is 5.41 Å². The van der Waals surface area contributed by atoms with Crippen molar-refractivity contribution in [1.82, 2.24) is 15.5 Å². The highest BCUT2D eigenvalue weighted by Crippen LogP contribution is 2.13. The first-order valence-electron chi connectivity index (χ1n) is 7.94. The Morgan fingerprint density at radius 3 is 2.38 bits per heavy atom. The lowest BCUT2D eigenvalue weighted by molar-refractivity contribution is 0.128. The van der Waals surface area contributed by atoms with E-state index in [1.807, 2.05) is 0 Å². The fourth-order valence-electron chi connectivity index (χ4n) is 2.12. The zero-order chi connectivity index (χ0) is 16.3. The third kappa shape index (κ3) is 12.6. The summed E-state index contributed by atoms with van der Waals surface area (Å²) >= 11 is 0. The number of guanidine groups is 1. The molecule has 0 spiro atoms. The van der Waals surface area contributed by atoms with Crippen LogP contribution in [0.5, 0.6) is 0 Å². The molecule has 0 aliphatic heterocycles. The van der Waals surface area contributed by atoms with Gasteiger partial charge < -0.3 is 20.3 Å². The predicted molar refractivity (Wildman–Crippen MR) is 92.0 cm³/mol. The summed E-state index contributed by atoms with van der Waals surface area (Å²) < 4.78 is 5.59. The van der Waals surface area contributed by atoms with Gasteiger partial charge in [-0.15, -0.1) is 0 Å². The fourth-order valence-corrected chi connectivity index (χ4v) is 2.12. The Labute approximate surface area is 131 Å². The van der Waals surface area contributed by atoms with Crippen molar-refractivity contribution < 1.29 is 4.74 Å². The maximum Gasteiger partial charge on any atom is 0.191 e. The largest absolute Gasteiger partial charge is 0.380 e. The molecule has 126 valence electrons. The highest BCUT2D eigenvalue weighted by molar-refractivity contribution is 5.79. The molecule has 0 rings (SSSR count). The molecule has 0 aromatic rings. The van der Waals surface area contributed by atoms with Crippen LogP contribution < -0.4 is 10.6 Å². The fraction of sp³-hybridized carbons (Fsp3) is 0.938. The molecule has 0 unspecified atom stereocenters. The molecule has 0 heterocycles. The van der Waals surface area contributed by atoms with Crippen LogP contribution in [0, 0.1) is 11.3 Å². The van der Waals surface area contributed by atoms with Gasteiger partial charge >= 0.3 is 0 Å². The van der Waals surface area contributed by atoms with Crippen molar-refractivity contribution in [3.05, 3.63) is 0 Å². The summed E-state index contributed by atoms with van der Waals surface area (Å²) in [6.45, 7) is 13.2. The molecule has 0 aliphatic rings. The smallest absolute Gasteiger partial charge is 0.191 e. The van der Waals surface area contributed by atoms with Gasteiger partial charge in [0.1, 0.15) is 0 Å². The summed E-state index contributed by atoms with van der Waals surface area (Å²) in [4.78, 5) is 6.45. The molecular formula is C16H36N4O. The third-order valence-corrected chi connectivity index (χ3v) is 3.08. The number of hydrogen-bond acceptors (Lipinski definition) is 3. The average molecular weight is 300 g/mol. The van der Waals surface area contributed by atoms with Crippen LogP contribution in [-0.4, -0.2) is 64.9 Å². The molecule has 2 N–H and O–H groups in total. The van der Waals surface area contributed by atoms with Crippen LogP contribution in [0.2, 0.25) is 0 Å². The Hall–Kier alpha value is -0.810. The molecule has 0 radical (unpaired) electrons. The first kappa shape index (κ1) is 20.2. The van der Waals surface area contributed by atoms with E-state index in [0.29, 0.717) is 12.5 Å². The highest BCUT2D eigenvalue weighted by atomic mass is 16.5. The van der Waals surface area contributed by atoms with E-state index < -0.39 is 0 Å². The van der Waals surface area contributed by atoms with Gasteiger partial charge in [0.05, 0.1) is 6.61 Å². The van der Waals surface area contributed by atoms with E-state index in [9.17, 15) is 0 Å². The minimum Gasteiger partial charge on any atom is -0.380 e. The zero-order valence-corrected chi connectivity index (χ0v) is 15.1. The van der Waals surface area contributed by atoms with Crippen LogP contribution in [0.25, 0.3) is 0 Å². The highest BCUT2D eigenvalue weighted by Gasteiger charge is 2.19. The Morgan fingerprint density at radius 1 is 1.19 bits per heavy atom. The van der Waals surface area contributed by atoms with Crippen molar-refractivity contribution >= 4 is 5.96 Å². The van der Waals surface area contributed by atoms with E-state index in [1.54, 1.807) is 7.05 Å². The molecule has 0 saturated carbocycles. The number of nitrogens with zero attached hydrogens (tertiary/aromatic N) is 2.